The fourth-order valence-corrected chi connectivity index (χ4v) is 2.31. The van der Waals surface area contributed by atoms with E-state index in [4.69, 9.17) is 5.11 Å². The molecule has 1 aliphatic rings. The van der Waals surface area contributed by atoms with E-state index in [0.717, 1.165) is 38.4 Å². The molecule has 94 valence electrons. The van der Waals surface area contributed by atoms with Gasteiger partial charge in [0.05, 0.1) is 0 Å². The Morgan fingerprint density at radius 1 is 1.59 bits per heavy atom. The van der Waals surface area contributed by atoms with Gasteiger partial charge >= 0.3 is 0 Å². The Morgan fingerprint density at radius 3 is 3.18 bits per heavy atom. The molecule has 1 saturated heterocycles. The number of likely N-dealkylation sites (tertiary alicyclic amines) is 1. The molecule has 0 amide bonds. The van der Waals surface area contributed by atoms with Crippen molar-refractivity contribution in [3.8, 4) is 0 Å². The Balaban J connectivity index is 1.92. The molecular formula is C13H21N3O. The van der Waals surface area contributed by atoms with Gasteiger partial charge in [0.2, 0.25) is 0 Å². The lowest BCUT2D eigenvalue weighted by Crippen LogP contribution is -2.21. The van der Waals surface area contributed by atoms with Crippen LogP contribution in [0.15, 0.2) is 18.3 Å². The van der Waals surface area contributed by atoms with Gasteiger partial charge in [-0.1, -0.05) is 0 Å². The van der Waals surface area contributed by atoms with E-state index in [0.29, 0.717) is 12.5 Å². The van der Waals surface area contributed by atoms with E-state index in [9.17, 15) is 0 Å². The van der Waals surface area contributed by atoms with Crippen LogP contribution in [0.5, 0.6) is 0 Å². The molecule has 17 heavy (non-hydrogen) atoms. The van der Waals surface area contributed by atoms with Gasteiger partial charge < -0.3 is 10.4 Å². The fourth-order valence-electron chi connectivity index (χ4n) is 2.31. The Bertz CT molecular complexity index is 356. The minimum absolute atomic E-state index is 0.315. The second-order valence-electron chi connectivity index (χ2n) is 4.65. The highest BCUT2D eigenvalue weighted by atomic mass is 16.3. The van der Waals surface area contributed by atoms with E-state index in [1.165, 1.54) is 5.56 Å². The smallest absolute Gasteiger partial charge is 0.126 e. The summed E-state index contributed by atoms with van der Waals surface area (Å²) in [6, 6.07) is 4.17. The van der Waals surface area contributed by atoms with Crippen molar-refractivity contribution in [2.45, 2.75) is 19.9 Å². The van der Waals surface area contributed by atoms with Crippen molar-refractivity contribution in [2.75, 3.05) is 31.6 Å². The molecular weight excluding hydrogens is 214 g/mol. The molecule has 2 N–H and O–H groups in total. The molecule has 0 aliphatic carbocycles. The van der Waals surface area contributed by atoms with Gasteiger partial charge in [0.25, 0.3) is 0 Å². The minimum atomic E-state index is 0.315. The molecule has 0 bridgehead atoms. The first kappa shape index (κ1) is 12.3. The number of hydrogen-bond acceptors (Lipinski definition) is 4. The molecule has 2 rings (SSSR count). The highest BCUT2D eigenvalue weighted by molar-refractivity contribution is 5.37. The molecule has 1 fully saturated rings. The molecule has 4 nitrogen and oxygen atoms in total. The molecule has 2 heterocycles. The van der Waals surface area contributed by atoms with Crippen LogP contribution in [0.3, 0.4) is 0 Å². The third-order valence-corrected chi connectivity index (χ3v) is 3.22. The minimum Gasteiger partial charge on any atom is -0.396 e. The van der Waals surface area contributed by atoms with Crippen LogP contribution >= 0.6 is 0 Å². The predicted octanol–water partition coefficient (Wildman–Crippen LogP) is 1.33. The van der Waals surface area contributed by atoms with Crippen LogP contribution in [-0.2, 0) is 6.54 Å². The Labute approximate surface area is 103 Å². The van der Waals surface area contributed by atoms with Crippen LogP contribution in [0.4, 0.5) is 5.82 Å². The number of nitrogens with one attached hydrogen (secondary N) is 1. The first-order chi connectivity index (χ1) is 8.31. The van der Waals surface area contributed by atoms with Crippen LogP contribution in [0.25, 0.3) is 0 Å². The quantitative estimate of drug-likeness (QED) is 0.808. The summed E-state index contributed by atoms with van der Waals surface area (Å²) in [7, 11) is 0. The van der Waals surface area contributed by atoms with Crippen LogP contribution < -0.4 is 5.32 Å². The average molecular weight is 235 g/mol. The Kier molecular flexibility index (Phi) is 4.34. The lowest BCUT2D eigenvalue weighted by atomic mass is 10.1. The number of pyridine rings is 1. The fraction of sp³-hybridized carbons (Fsp3) is 0.615. The number of hydrogen-bond donors (Lipinski definition) is 2. The third-order valence-electron chi connectivity index (χ3n) is 3.22. The molecule has 1 unspecified atom stereocenters. The van der Waals surface area contributed by atoms with Crippen molar-refractivity contribution < 1.29 is 5.11 Å². The van der Waals surface area contributed by atoms with E-state index in [1.807, 2.05) is 6.20 Å². The van der Waals surface area contributed by atoms with Gasteiger partial charge in [-0.15, -0.1) is 0 Å². The van der Waals surface area contributed by atoms with E-state index in [2.05, 4.69) is 34.3 Å². The van der Waals surface area contributed by atoms with Crippen LogP contribution in [-0.4, -0.2) is 41.2 Å². The summed E-state index contributed by atoms with van der Waals surface area (Å²) >= 11 is 0. The number of aliphatic hydroxyl groups excluding tert-OH is 1. The predicted molar refractivity (Wildman–Crippen MR) is 68.9 cm³/mol. The zero-order valence-corrected chi connectivity index (χ0v) is 10.4. The molecule has 4 heteroatoms. The topological polar surface area (TPSA) is 48.4 Å². The maximum Gasteiger partial charge on any atom is 0.126 e. The maximum absolute atomic E-state index is 9.12. The second-order valence-corrected chi connectivity index (χ2v) is 4.65. The van der Waals surface area contributed by atoms with Gasteiger partial charge in [-0.25, -0.2) is 4.98 Å². The van der Waals surface area contributed by atoms with Crippen molar-refractivity contribution in [1.82, 2.24) is 9.88 Å². The molecule has 1 aromatic rings. The summed E-state index contributed by atoms with van der Waals surface area (Å²) in [6.45, 7) is 6.33. The first-order valence-electron chi connectivity index (χ1n) is 6.34. The molecule has 1 aromatic heterocycles. The van der Waals surface area contributed by atoms with Crippen molar-refractivity contribution in [3.63, 3.8) is 0 Å². The molecule has 0 saturated carbocycles. The van der Waals surface area contributed by atoms with E-state index in [-0.39, 0.29) is 0 Å². The van der Waals surface area contributed by atoms with Gasteiger partial charge in [-0.3, -0.25) is 4.90 Å². The Morgan fingerprint density at radius 2 is 2.47 bits per heavy atom. The number of aliphatic hydroxyl groups is 1. The number of aromatic nitrogens is 1. The van der Waals surface area contributed by atoms with E-state index in [1.54, 1.807) is 0 Å². The van der Waals surface area contributed by atoms with Crippen LogP contribution in [0.1, 0.15) is 18.9 Å². The van der Waals surface area contributed by atoms with Crippen LogP contribution in [0.2, 0.25) is 0 Å². The lowest BCUT2D eigenvalue weighted by Gasteiger charge is -2.16. The third kappa shape index (κ3) is 3.41. The van der Waals surface area contributed by atoms with Gasteiger partial charge in [0.1, 0.15) is 5.82 Å². The first-order valence-corrected chi connectivity index (χ1v) is 6.34. The zero-order chi connectivity index (χ0) is 12.1. The second kappa shape index (κ2) is 5.98. The van der Waals surface area contributed by atoms with Crippen molar-refractivity contribution in [1.29, 1.82) is 0 Å². The largest absolute Gasteiger partial charge is 0.396 e. The molecule has 1 atom stereocenters. The van der Waals surface area contributed by atoms with Crippen molar-refractivity contribution in [2.24, 2.45) is 5.92 Å². The molecule has 0 aromatic carbocycles. The highest BCUT2D eigenvalue weighted by Crippen LogP contribution is 2.18. The van der Waals surface area contributed by atoms with Gasteiger partial charge in [-0.05, 0) is 43.5 Å². The molecule has 1 aliphatic heterocycles. The lowest BCUT2D eigenvalue weighted by molar-refractivity contribution is 0.220. The SMILES string of the molecule is CCNc1cc(CN2CCC(CO)C2)ccn1. The van der Waals surface area contributed by atoms with E-state index >= 15 is 0 Å². The maximum atomic E-state index is 9.12. The van der Waals surface area contributed by atoms with Crippen molar-refractivity contribution in [3.05, 3.63) is 23.9 Å². The van der Waals surface area contributed by atoms with Gasteiger partial charge in [-0.2, -0.15) is 0 Å². The van der Waals surface area contributed by atoms with Crippen molar-refractivity contribution >= 4 is 5.82 Å². The van der Waals surface area contributed by atoms with Gasteiger partial charge in [0, 0.05) is 32.4 Å². The highest BCUT2D eigenvalue weighted by Gasteiger charge is 2.21. The Hall–Kier alpha value is -1.13. The van der Waals surface area contributed by atoms with Crippen LogP contribution in [0, 0.1) is 5.92 Å². The summed E-state index contributed by atoms with van der Waals surface area (Å²) in [5.41, 5.74) is 1.29. The molecule has 0 radical (unpaired) electrons. The normalized spacial score (nSPS) is 20.7. The number of anilines is 1. The summed E-state index contributed by atoms with van der Waals surface area (Å²) in [4.78, 5) is 6.66. The van der Waals surface area contributed by atoms with E-state index < -0.39 is 0 Å². The number of nitrogens with zero attached hydrogens (tertiary/aromatic N) is 2. The monoisotopic (exact) mass is 235 g/mol. The molecule has 0 spiro atoms. The summed E-state index contributed by atoms with van der Waals surface area (Å²) in [5.74, 6) is 1.41. The summed E-state index contributed by atoms with van der Waals surface area (Å²) in [6.07, 6.45) is 2.97. The summed E-state index contributed by atoms with van der Waals surface area (Å²) in [5, 5.41) is 12.3. The number of rotatable bonds is 5. The van der Waals surface area contributed by atoms with Gasteiger partial charge in [0.15, 0.2) is 0 Å². The average Bonchev–Trinajstić information content (AvgIpc) is 2.78. The zero-order valence-electron chi connectivity index (χ0n) is 10.4. The summed E-state index contributed by atoms with van der Waals surface area (Å²) < 4.78 is 0. The standard InChI is InChI=1S/C13H21N3O/c1-2-14-13-7-11(3-5-15-13)8-16-6-4-12(9-16)10-17/h3,5,7,12,17H,2,4,6,8-10H2,1H3,(H,14,15).